The predicted molar refractivity (Wildman–Crippen MR) is 75.0 cm³/mol. The van der Waals surface area contributed by atoms with Crippen LogP contribution in [-0.4, -0.2) is 13.4 Å². The third-order valence-corrected chi connectivity index (χ3v) is 5.04. The molecule has 96 valence electrons. The average Bonchev–Trinajstić information content (AvgIpc) is 2.83. The van der Waals surface area contributed by atoms with Gasteiger partial charge in [-0.05, 0) is 24.6 Å². The summed E-state index contributed by atoms with van der Waals surface area (Å²) in [6.07, 6.45) is 0. The largest absolute Gasteiger partial charge is 0.248 e. The summed E-state index contributed by atoms with van der Waals surface area (Å²) in [5.41, 5.74) is 3.11. The first kappa shape index (κ1) is 13.7. The number of halogens is 1. The van der Waals surface area contributed by atoms with E-state index in [1.54, 1.807) is 24.6 Å². The van der Waals surface area contributed by atoms with Gasteiger partial charge in [0, 0.05) is 9.85 Å². The number of aromatic nitrogens is 1. The maximum absolute atomic E-state index is 12.1. The molecule has 0 radical (unpaired) electrons. The quantitative estimate of drug-likeness (QED) is 0.925. The van der Waals surface area contributed by atoms with Crippen LogP contribution in [0.3, 0.4) is 0 Å². The summed E-state index contributed by atoms with van der Waals surface area (Å²) in [4.78, 5) is 4.32. The normalized spacial score (nSPS) is 11.7. The van der Waals surface area contributed by atoms with Gasteiger partial charge in [0.15, 0.2) is 0 Å². The average molecular weight is 347 g/mol. The molecule has 18 heavy (non-hydrogen) atoms. The lowest BCUT2D eigenvalue weighted by molar-refractivity contribution is 0.580. The molecule has 0 fully saturated rings. The molecule has 0 atom stereocenters. The van der Waals surface area contributed by atoms with Crippen LogP contribution in [0.2, 0.25) is 0 Å². The van der Waals surface area contributed by atoms with E-state index < -0.39 is 10.0 Å². The van der Waals surface area contributed by atoms with E-state index in [0.29, 0.717) is 5.56 Å². The van der Waals surface area contributed by atoms with Crippen molar-refractivity contribution in [1.29, 1.82) is 0 Å². The molecule has 1 aromatic carbocycles. The van der Waals surface area contributed by atoms with E-state index in [1.807, 2.05) is 11.4 Å². The molecule has 0 unspecified atom stereocenters. The molecule has 0 aliphatic rings. The number of hydrogen-bond donors (Lipinski definition) is 1. The number of nitrogens with zero attached hydrogens (tertiary/aromatic N) is 1. The summed E-state index contributed by atoms with van der Waals surface area (Å²) in [5.74, 6) is 0. The summed E-state index contributed by atoms with van der Waals surface area (Å²) >= 11 is 4.71. The number of nitrogens with one attached hydrogen (secondary N) is 1. The molecule has 0 aliphatic heterocycles. The Morgan fingerprint density at radius 3 is 2.89 bits per heavy atom. The maximum atomic E-state index is 12.1. The van der Waals surface area contributed by atoms with Gasteiger partial charge in [0.05, 0.1) is 22.6 Å². The van der Waals surface area contributed by atoms with Crippen molar-refractivity contribution in [2.75, 3.05) is 0 Å². The minimum atomic E-state index is -3.50. The van der Waals surface area contributed by atoms with Crippen LogP contribution in [0.25, 0.3) is 0 Å². The molecule has 2 aromatic rings. The number of sulfonamides is 1. The maximum Gasteiger partial charge on any atom is 0.241 e. The van der Waals surface area contributed by atoms with Crippen molar-refractivity contribution in [3.8, 4) is 0 Å². The molecule has 0 amide bonds. The van der Waals surface area contributed by atoms with Crippen LogP contribution in [0.15, 0.2) is 38.5 Å². The third-order valence-electron chi connectivity index (χ3n) is 2.37. The predicted octanol–water partition coefficient (Wildman–Crippen LogP) is 2.69. The van der Waals surface area contributed by atoms with Gasteiger partial charge in [-0.15, -0.1) is 11.3 Å². The van der Waals surface area contributed by atoms with Gasteiger partial charge in [-0.3, -0.25) is 0 Å². The molecule has 4 nitrogen and oxygen atoms in total. The number of benzene rings is 1. The fraction of sp³-hybridized carbons (Fsp3) is 0.182. The topological polar surface area (TPSA) is 59.1 Å². The molecule has 0 saturated heterocycles. The Kier molecular flexibility index (Phi) is 4.16. The number of rotatable bonds is 4. The van der Waals surface area contributed by atoms with Gasteiger partial charge in [0.1, 0.15) is 0 Å². The summed E-state index contributed by atoms with van der Waals surface area (Å²) < 4.78 is 27.6. The van der Waals surface area contributed by atoms with Crippen LogP contribution >= 0.6 is 27.3 Å². The van der Waals surface area contributed by atoms with E-state index >= 15 is 0 Å². The second kappa shape index (κ2) is 5.48. The van der Waals surface area contributed by atoms with Gasteiger partial charge in [-0.2, -0.15) is 0 Å². The Labute approximate surface area is 118 Å². The Morgan fingerprint density at radius 2 is 2.22 bits per heavy atom. The minimum absolute atomic E-state index is 0.206. The number of hydrogen-bond acceptors (Lipinski definition) is 4. The summed E-state index contributed by atoms with van der Waals surface area (Å²) in [5, 5.41) is 1.82. The standard InChI is InChI=1S/C11H11BrN2O2S2/c1-8-2-3-9(12)4-11(8)18(15,16)14-5-10-6-17-7-13-10/h2-4,6-7,14H,5H2,1H3. The first-order valence-electron chi connectivity index (χ1n) is 5.12. The zero-order valence-electron chi connectivity index (χ0n) is 9.55. The van der Waals surface area contributed by atoms with Gasteiger partial charge in [0.25, 0.3) is 0 Å². The highest BCUT2D eigenvalue weighted by atomic mass is 79.9. The molecule has 7 heteroatoms. The van der Waals surface area contributed by atoms with Crippen LogP contribution < -0.4 is 4.72 Å². The second-order valence-corrected chi connectivity index (χ2v) is 7.08. The first-order chi connectivity index (χ1) is 8.49. The molecule has 1 heterocycles. The van der Waals surface area contributed by atoms with Crippen LogP contribution in [-0.2, 0) is 16.6 Å². The monoisotopic (exact) mass is 346 g/mol. The number of thiazole rings is 1. The Hall–Kier alpha value is -0.760. The highest BCUT2D eigenvalue weighted by molar-refractivity contribution is 9.10. The molecular formula is C11H11BrN2O2S2. The fourth-order valence-electron chi connectivity index (χ4n) is 1.43. The molecular weight excluding hydrogens is 336 g/mol. The van der Waals surface area contributed by atoms with Crippen molar-refractivity contribution in [1.82, 2.24) is 9.71 Å². The van der Waals surface area contributed by atoms with Gasteiger partial charge in [0.2, 0.25) is 10.0 Å². The Balaban J connectivity index is 2.22. The smallest absolute Gasteiger partial charge is 0.241 e. The Bertz CT molecular complexity index is 639. The van der Waals surface area contributed by atoms with Crippen molar-refractivity contribution >= 4 is 37.3 Å². The van der Waals surface area contributed by atoms with Crippen LogP contribution in [0.5, 0.6) is 0 Å². The van der Waals surface area contributed by atoms with Crippen molar-refractivity contribution in [2.24, 2.45) is 0 Å². The van der Waals surface area contributed by atoms with Crippen LogP contribution in [0.1, 0.15) is 11.3 Å². The molecule has 2 rings (SSSR count). The highest BCUT2D eigenvalue weighted by Gasteiger charge is 2.17. The summed E-state index contributed by atoms with van der Waals surface area (Å²) in [6.45, 7) is 1.97. The molecule has 1 aromatic heterocycles. The molecule has 0 spiro atoms. The number of aryl methyl sites for hydroxylation is 1. The second-order valence-electron chi connectivity index (χ2n) is 3.71. The molecule has 0 saturated carbocycles. The lowest BCUT2D eigenvalue weighted by atomic mass is 10.2. The van der Waals surface area contributed by atoms with E-state index in [0.717, 1.165) is 10.2 Å². The van der Waals surface area contributed by atoms with Gasteiger partial charge >= 0.3 is 0 Å². The van der Waals surface area contributed by atoms with Gasteiger partial charge in [-0.25, -0.2) is 18.1 Å². The summed E-state index contributed by atoms with van der Waals surface area (Å²) in [7, 11) is -3.50. The molecule has 0 bridgehead atoms. The van der Waals surface area contributed by atoms with E-state index in [9.17, 15) is 8.42 Å². The van der Waals surface area contributed by atoms with Gasteiger partial charge in [-0.1, -0.05) is 22.0 Å². The van der Waals surface area contributed by atoms with E-state index in [-0.39, 0.29) is 11.4 Å². The SMILES string of the molecule is Cc1ccc(Br)cc1S(=O)(=O)NCc1cscn1. The highest BCUT2D eigenvalue weighted by Crippen LogP contribution is 2.20. The first-order valence-corrected chi connectivity index (χ1v) is 8.34. The fourth-order valence-corrected chi connectivity index (χ4v) is 3.77. The van der Waals surface area contributed by atoms with E-state index in [4.69, 9.17) is 0 Å². The lowest BCUT2D eigenvalue weighted by Crippen LogP contribution is -2.24. The van der Waals surface area contributed by atoms with E-state index in [2.05, 4.69) is 25.6 Å². The van der Waals surface area contributed by atoms with Crippen molar-refractivity contribution < 1.29 is 8.42 Å². The lowest BCUT2D eigenvalue weighted by Gasteiger charge is -2.08. The minimum Gasteiger partial charge on any atom is -0.248 e. The van der Waals surface area contributed by atoms with Gasteiger partial charge < -0.3 is 0 Å². The molecule has 0 aliphatic carbocycles. The van der Waals surface area contributed by atoms with Crippen molar-refractivity contribution in [3.05, 3.63) is 44.8 Å². The zero-order chi connectivity index (χ0) is 13.2. The third kappa shape index (κ3) is 3.17. The van der Waals surface area contributed by atoms with Crippen LogP contribution in [0.4, 0.5) is 0 Å². The van der Waals surface area contributed by atoms with E-state index in [1.165, 1.54) is 11.3 Å². The van der Waals surface area contributed by atoms with Crippen LogP contribution in [0, 0.1) is 6.92 Å². The van der Waals surface area contributed by atoms with Crippen molar-refractivity contribution in [3.63, 3.8) is 0 Å². The van der Waals surface area contributed by atoms with Crippen molar-refractivity contribution in [2.45, 2.75) is 18.4 Å². The Morgan fingerprint density at radius 1 is 1.44 bits per heavy atom. The molecule has 1 N–H and O–H groups in total. The zero-order valence-corrected chi connectivity index (χ0v) is 12.8. The summed E-state index contributed by atoms with van der Waals surface area (Å²) in [6, 6.07) is 5.18.